The smallest absolute Gasteiger partial charge is 0.305 e. The Hall–Kier alpha value is -0.230. The first-order valence-electron chi connectivity index (χ1n) is 10.6. The first-order valence-corrected chi connectivity index (χ1v) is 14.1. The molecular weight excluding hydrogens is 445 g/mol. The number of carbonyl (C=O) groups excluding carboxylic acids is 1. The van der Waals surface area contributed by atoms with Crippen LogP contribution in [0.4, 0.5) is 5.69 Å². The van der Waals surface area contributed by atoms with Crippen molar-refractivity contribution < 1.29 is 9.53 Å². The predicted molar refractivity (Wildman–Crippen MR) is 131 cm³/mol. The van der Waals surface area contributed by atoms with Gasteiger partial charge in [0.1, 0.15) is 0 Å². The molecule has 1 aromatic carbocycles. The standard InChI is InChI=1S/C22H33Cl2NO2S2/c23-13-15-25(16-14-24)20-10-8-19(9-11-20)5-4-7-22(26)27-17-3-1-2-6-21-12-18-28-29-21/h8-11,21H,1-7,12-18H2. The van der Waals surface area contributed by atoms with Crippen LogP contribution in [0.25, 0.3) is 0 Å². The van der Waals surface area contributed by atoms with Crippen LogP contribution in [0.15, 0.2) is 24.3 Å². The summed E-state index contributed by atoms with van der Waals surface area (Å²) in [4.78, 5) is 14.1. The molecule has 1 aliphatic rings. The van der Waals surface area contributed by atoms with Crippen molar-refractivity contribution in [3.63, 3.8) is 0 Å². The number of benzene rings is 1. The molecule has 1 aliphatic heterocycles. The third kappa shape index (κ3) is 10.6. The van der Waals surface area contributed by atoms with Gasteiger partial charge in [0, 0.05) is 48.0 Å². The van der Waals surface area contributed by atoms with E-state index in [4.69, 9.17) is 27.9 Å². The third-order valence-corrected chi connectivity index (χ3v) is 8.36. The monoisotopic (exact) mass is 477 g/mol. The van der Waals surface area contributed by atoms with Crippen molar-refractivity contribution in [2.75, 3.05) is 42.1 Å². The Kier molecular flexibility index (Phi) is 13.4. The fourth-order valence-corrected chi connectivity index (χ4v) is 6.79. The summed E-state index contributed by atoms with van der Waals surface area (Å²) in [7, 11) is 4.04. The Morgan fingerprint density at radius 2 is 1.83 bits per heavy atom. The van der Waals surface area contributed by atoms with E-state index in [1.807, 2.05) is 21.6 Å². The lowest BCUT2D eigenvalue weighted by atomic mass is 10.1. The molecule has 29 heavy (non-hydrogen) atoms. The molecular formula is C22H33Cl2NO2S2. The summed E-state index contributed by atoms with van der Waals surface area (Å²) in [6.07, 6.45) is 8.25. The van der Waals surface area contributed by atoms with E-state index >= 15 is 0 Å². The minimum atomic E-state index is -0.0697. The molecule has 0 radical (unpaired) electrons. The first kappa shape index (κ1) is 25.0. The average Bonchev–Trinajstić information content (AvgIpc) is 3.24. The summed E-state index contributed by atoms with van der Waals surface area (Å²) in [5.41, 5.74) is 2.38. The van der Waals surface area contributed by atoms with E-state index < -0.39 is 0 Å². The molecule has 1 atom stereocenters. The van der Waals surface area contributed by atoms with Gasteiger partial charge in [-0.15, -0.1) is 23.2 Å². The lowest BCUT2D eigenvalue weighted by Gasteiger charge is -2.23. The highest BCUT2D eigenvalue weighted by Crippen LogP contribution is 2.39. The number of rotatable bonds is 15. The average molecular weight is 479 g/mol. The van der Waals surface area contributed by atoms with E-state index in [1.165, 1.54) is 30.6 Å². The number of carbonyl (C=O) groups is 1. The van der Waals surface area contributed by atoms with Crippen molar-refractivity contribution in [3.05, 3.63) is 29.8 Å². The molecule has 164 valence electrons. The van der Waals surface area contributed by atoms with Crippen LogP contribution in [0.5, 0.6) is 0 Å². The molecule has 0 bridgehead atoms. The fraction of sp³-hybridized carbons (Fsp3) is 0.682. The number of esters is 1. The summed E-state index contributed by atoms with van der Waals surface area (Å²) in [5, 5.41) is 0.848. The molecule has 0 amide bonds. The van der Waals surface area contributed by atoms with Crippen molar-refractivity contribution in [1.82, 2.24) is 0 Å². The lowest BCUT2D eigenvalue weighted by molar-refractivity contribution is -0.143. The Morgan fingerprint density at radius 1 is 1.07 bits per heavy atom. The molecule has 0 spiro atoms. The Labute approximate surface area is 194 Å². The summed E-state index contributed by atoms with van der Waals surface area (Å²) in [6, 6.07) is 8.46. The van der Waals surface area contributed by atoms with Gasteiger partial charge in [-0.3, -0.25) is 4.79 Å². The SMILES string of the molecule is O=C(CCCc1ccc(N(CCCl)CCCl)cc1)OCCCCCC1CCSS1. The Bertz CT molecular complexity index is 562. The number of anilines is 1. The Morgan fingerprint density at radius 3 is 2.48 bits per heavy atom. The number of ether oxygens (including phenoxy) is 1. The second-order valence-electron chi connectivity index (χ2n) is 7.28. The van der Waals surface area contributed by atoms with E-state index in [0.29, 0.717) is 24.8 Å². The number of nitrogens with zero attached hydrogens (tertiary/aromatic N) is 1. The van der Waals surface area contributed by atoms with E-state index in [9.17, 15) is 4.79 Å². The molecule has 0 N–H and O–H groups in total. The van der Waals surface area contributed by atoms with Crippen molar-refractivity contribution in [2.45, 2.75) is 56.6 Å². The van der Waals surface area contributed by atoms with Crippen molar-refractivity contribution in [3.8, 4) is 0 Å². The molecule has 1 heterocycles. The third-order valence-electron chi connectivity index (χ3n) is 5.02. The van der Waals surface area contributed by atoms with Gasteiger partial charge in [0.05, 0.1) is 6.61 Å². The Balaban J connectivity index is 1.53. The molecule has 1 aromatic rings. The van der Waals surface area contributed by atoms with E-state index in [1.54, 1.807) is 0 Å². The van der Waals surface area contributed by atoms with E-state index in [-0.39, 0.29) is 5.97 Å². The molecule has 3 nitrogen and oxygen atoms in total. The maximum absolute atomic E-state index is 11.9. The van der Waals surface area contributed by atoms with Crippen molar-refractivity contribution >= 4 is 56.4 Å². The zero-order valence-corrected chi connectivity index (χ0v) is 20.3. The minimum absolute atomic E-state index is 0.0697. The van der Waals surface area contributed by atoms with E-state index in [0.717, 1.165) is 49.7 Å². The van der Waals surface area contributed by atoms with Crippen LogP contribution < -0.4 is 4.90 Å². The summed E-state index contributed by atoms with van der Waals surface area (Å²) in [6.45, 7) is 2.15. The lowest BCUT2D eigenvalue weighted by Crippen LogP contribution is -2.27. The number of unbranched alkanes of at least 4 members (excludes halogenated alkanes) is 2. The highest BCUT2D eigenvalue weighted by molar-refractivity contribution is 8.77. The molecule has 2 rings (SSSR count). The maximum atomic E-state index is 11.9. The second kappa shape index (κ2) is 15.6. The van der Waals surface area contributed by atoms with Gasteiger partial charge < -0.3 is 9.64 Å². The molecule has 1 unspecified atom stereocenters. The van der Waals surface area contributed by atoms with Gasteiger partial charge in [-0.05, 0) is 49.8 Å². The summed E-state index contributed by atoms with van der Waals surface area (Å²) < 4.78 is 5.38. The normalized spacial score (nSPS) is 16.1. The predicted octanol–water partition coefficient (Wildman–Crippen LogP) is 6.55. The van der Waals surface area contributed by atoms with Crippen LogP contribution in [-0.4, -0.2) is 48.4 Å². The first-order chi connectivity index (χ1) is 14.2. The van der Waals surface area contributed by atoms with E-state index in [2.05, 4.69) is 29.2 Å². The minimum Gasteiger partial charge on any atom is -0.466 e. The van der Waals surface area contributed by atoms with Crippen LogP contribution >= 0.6 is 44.8 Å². The quantitative estimate of drug-likeness (QED) is 0.123. The van der Waals surface area contributed by atoms with Gasteiger partial charge in [-0.25, -0.2) is 0 Å². The fourth-order valence-electron chi connectivity index (χ4n) is 3.36. The van der Waals surface area contributed by atoms with Crippen LogP contribution in [0, 0.1) is 0 Å². The van der Waals surface area contributed by atoms with Gasteiger partial charge >= 0.3 is 5.97 Å². The van der Waals surface area contributed by atoms with Crippen LogP contribution in [0.3, 0.4) is 0 Å². The highest BCUT2D eigenvalue weighted by atomic mass is 35.5. The zero-order chi connectivity index (χ0) is 20.7. The van der Waals surface area contributed by atoms with Crippen molar-refractivity contribution in [2.24, 2.45) is 0 Å². The highest BCUT2D eigenvalue weighted by Gasteiger charge is 2.15. The topological polar surface area (TPSA) is 29.5 Å². The van der Waals surface area contributed by atoms with Gasteiger partial charge in [-0.2, -0.15) is 0 Å². The van der Waals surface area contributed by atoms with Gasteiger partial charge in [0.25, 0.3) is 0 Å². The van der Waals surface area contributed by atoms with Gasteiger partial charge in [0.2, 0.25) is 0 Å². The van der Waals surface area contributed by atoms with Crippen molar-refractivity contribution in [1.29, 1.82) is 0 Å². The number of hydrogen-bond acceptors (Lipinski definition) is 5. The largest absolute Gasteiger partial charge is 0.466 e. The molecule has 0 aliphatic carbocycles. The molecule has 0 saturated carbocycles. The number of hydrogen-bond donors (Lipinski definition) is 0. The maximum Gasteiger partial charge on any atom is 0.305 e. The molecule has 7 heteroatoms. The van der Waals surface area contributed by atoms with Crippen LogP contribution in [0.2, 0.25) is 0 Å². The molecule has 1 fully saturated rings. The van der Waals surface area contributed by atoms with Crippen LogP contribution in [-0.2, 0) is 16.0 Å². The van der Waals surface area contributed by atoms with Gasteiger partial charge in [-0.1, -0.05) is 46.6 Å². The number of aryl methyl sites for hydroxylation is 1. The molecule has 0 aromatic heterocycles. The summed E-state index contributed by atoms with van der Waals surface area (Å²) in [5.74, 6) is 2.40. The number of alkyl halides is 2. The van der Waals surface area contributed by atoms with Crippen LogP contribution in [0.1, 0.15) is 50.5 Å². The number of halogens is 2. The zero-order valence-electron chi connectivity index (χ0n) is 17.1. The summed E-state index contributed by atoms with van der Waals surface area (Å²) >= 11 is 11.7. The second-order valence-corrected chi connectivity index (χ2v) is 10.8. The molecule has 1 saturated heterocycles. The van der Waals surface area contributed by atoms with Gasteiger partial charge in [0.15, 0.2) is 0 Å².